The van der Waals surface area contributed by atoms with Crippen LogP contribution in [0, 0.1) is 0 Å². The van der Waals surface area contributed by atoms with Gasteiger partial charge in [-0.3, -0.25) is 4.68 Å². The fourth-order valence-electron chi connectivity index (χ4n) is 2.65. The van der Waals surface area contributed by atoms with E-state index in [1.54, 1.807) is 7.05 Å². The van der Waals surface area contributed by atoms with Gasteiger partial charge in [-0.2, -0.15) is 5.10 Å². The van der Waals surface area contributed by atoms with E-state index in [2.05, 4.69) is 14.7 Å². The molecule has 3 rings (SSSR count). The van der Waals surface area contributed by atoms with Crippen LogP contribution in [0.2, 0.25) is 0 Å². The van der Waals surface area contributed by atoms with E-state index >= 15 is 0 Å². The van der Waals surface area contributed by atoms with Crippen LogP contribution < -0.4 is 4.72 Å². The zero-order chi connectivity index (χ0) is 13.5. The number of likely N-dealkylation sites (tertiary alicyclic amines) is 1. The van der Waals surface area contributed by atoms with Crippen LogP contribution in [0.25, 0.3) is 0 Å². The van der Waals surface area contributed by atoms with E-state index in [0.717, 1.165) is 32.0 Å². The average Bonchev–Trinajstić information content (AvgIpc) is 3.11. The molecule has 1 saturated carbocycles. The third kappa shape index (κ3) is 2.98. The van der Waals surface area contributed by atoms with Gasteiger partial charge >= 0.3 is 0 Å². The van der Waals surface area contributed by atoms with Crippen LogP contribution in [-0.2, 0) is 17.1 Å². The lowest BCUT2D eigenvalue weighted by Crippen LogP contribution is -2.45. The van der Waals surface area contributed by atoms with Crippen molar-refractivity contribution in [2.45, 2.75) is 42.7 Å². The molecule has 1 N–H and O–H groups in total. The van der Waals surface area contributed by atoms with Crippen LogP contribution in [0.1, 0.15) is 25.7 Å². The molecule has 1 aliphatic carbocycles. The third-order valence-electron chi connectivity index (χ3n) is 3.91. The Morgan fingerprint density at radius 2 is 1.95 bits per heavy atom. The predicted octanol–water partition coefficient (Wildman–Crippen LogP) is 0.325. The average molecular weight is 284 g/mol. The molecule has 0 bridgehead atoms. The first-order valence-electron chi connectivity index (χ1n) is 6.79. The van der Waals surface area contributed by atoms with Crippen molar-refractivity contribution >= 4 is 10.0 Å². The van der Waals surface area contributed by atoms with Gasteiger partial charge in [0, 0.05) is 25.3 Å². The molecule has 2 aliphatic rings. The molecule has 0 unspecified atom stereocenters. The van der Waals surface area contributed by atoms with Crippen LogP contribution in [0.5, 0.6) is 0 Å². The number of nitrogens with one attached hydrogen (secondary N) is 1. The highest BCUT2D eigenvalue weighted by molar-refractivity contribution is 7.89. The summed E-state index contributed by atoms with van der Waals surface area (Å²) in [5, 5.41) is 3.91. The van der Waals surface area contributed by atoms with Gasteiger partial charge in [-0.05, 0) is 38.8 Å². The van der Waals surface area contributed by atoms with Gasteiger partial charge in [0.25, 0.3) is 0 Å². The summed E-state index contributed by atoms with van der Waals surface area (Å²) in [6.07, 6.45) is 7.34. The number of aromatic nitrogens is 2. The molecule has 2 heterocycles. The van der Waals surface area contributed by atoms with Crippen LogP contribution in [-0.4, -0.2) is 48.3 Å². The molecule has 2 fully saturated rings. The Morgan fingerprint density at radius 1 is 1.26 bits per heavy atom. The first kappa shape index (κ1) is 13.1. The van der Waals surface area contributed by atoms with Crippen LogP contribution in [0.15, 0.2) is 17.3 Å². The van der Waals surface area contributed by atoms with Gasteiger partial charge in [0.05, 0.1) is 6.20 Å². The molecular formula is C12H20N4O2S. The van der Waals surface area contributed by atoms with Crippen LogP contribution >= 0.6 is 0 Å². The van der Waals surface area contributed by atoms with Gasteiger partial charge in [0.15, 0.2) is 0 Å². The smallest absolute Gasteiger partial charge is 0.243 e. The summed E-state index contributed by atoms with van der Waals surface area (Å²) >= 11 is 0. The van der Waals surface area contributed by atoms with Gasteiger partial charge in [-0.25, -0.2) is 13.1 Å². The minimum absolute atomic E-state index is 0.0557. The minimum atomic E-state index is -3.41. The molecule has 0 spiro atoms. The summed E-state index contributed by atoms with van der Waals surface area (Å²) in [5.74, 6) is 0. The fraction of sp³-hybridized carbons (Fsp3) is 0.750. The molecule has 0 radical (unpaired) electrons. The van der Waals surface area contributed by atoms with E-state index in [0.29, 0.717) is 0 Å². The Balaban J connectivity index is 1.59. The van der Waals surface area contributed by atoms with Gasteiger partial charge in [-0.15, -0.1) is 0 Å². The Morgan fingerprint density at radius 3 is 2.47 bits per heavy atom. The van der Waals surface area contributed by atoms with E-state index in [1.807, 2.05) is 0 Å². The highest BCUT2D eigenvalue weighted by Gasteiger charge is 2.33. The van der Waals surface area contributed by atoms with E-state index in [4.69, 9.17) is 0 Å². The highest BCUT2D eigenvalue weighted by atomic mass is 32.2. The molecular weight excluding hydrogens is 264 g/mol. The lowest BCUT2D eigenvalue weighted by Gasteiger charge is -2.32. The number of aryl methyl sites for hydroxylation is 1. The second-order valence-corrected chi connectivity index (χ2v) is 7.23. The van der Waals surface area contributed by atoms with Gasteiger partial charge in [0.2, 0.25) is 10.0 Å². The van der Waals surface area contributed by atoms with Crippen LogP contribution in [0.3, 0.4) is 0 Å². The number of piperidine rings is 1. The fourth-order valence-corrected chi connectivity index (χ4v) is 3.94. The second kappa shape index (κ2) is 4.88. The van der Waals surface area contributed by atoms with Crippen molar-refractivity contribution in [3.8, 4) is 0 Å². The second-order valence-electron chi connectivity index (χ2n) is 5.51. The Hall–Kier alpha value is -0.920. The largest absolute Gasteiger partial charge is 0.300 e. The SMILES string of the molecule is Cn1cc(S(=O)(=O)NC2CCN(C3CC3)CC2)cn1. The van der Waals surface area contributed by atoms with Gasteiger partial charge in [0.1, 0.15) is 4.90 Å². The summed E-state index contributed by atoms with van der Waals surface area (Å²) in [4.78, 5) is 2.73. The molecule has 0 atom stereocenters. The summed E-state index contributed by atoms with van der Waals surface area (Å²) in [6, 6.07) is 0.830. The maximum Gasteiger partial charge on any atom is 0.243 e. The van der Waals surface area contributed by atoms with Crippen LogP contribution in [0.4, 0.5) is 0 Å². The molecule has 19 heavy (non-hydrogen) atoms. The standard InChI is InChI=1S/C12H20N4O2S/c1-15-9-12(8-13-15)19(17,18)14-10-4-6-16(7-5-10)11-2-3-11/h8-11,14H,2-7H2,1H3. The van der Waals surface area contributed by atoms with Crippen molar-refractivity contribution in [2.75, 3.05) is 13.1 Å². The number of hydrogen-bond acceptors (Lipinski definition) is 4. The molecule has 0 aromatic carbocycles. The van der Waals surface area contributed by atoms with Crippen molar-refractivity contribution < 1.29 is 8.42 Å². The normalized spacial score (nSPS) is 22.8. The topological polar surface area (TPSA) is 67.2 Å². The zero-order valence-electron chi connectivity index (χ0n) is 11.1. The Bertz CT molecular complexity index is 542. The van der Waals surface area contributed by atoms with Gasteiger partial charge in [-0.1, -0.05) is 0 Å². The van der Waals surface area contributed by atoms with Crippen molar-refractivity contribution in [2.24, 2.45) is 7.05 Å². The monoisotopic (exact) mass is 284 g/mol. The minimum Gasteiger partial charge on any atom is -0.300 e. The number of rotatable bonds is 4. The van der Waals surface area contributed by atoms with Crippen molar-refractivity contribution in [3.05, 3.63) is 12.4 Å². The summed E-state index contributed by atoms with van der Waals surface area (Å²) in [6.45, 7) is 2.01. The first-order valence-corrected chi connectivity index (χ1v) is 8.28. The number of hydrogen-bond donors (Lipinski definition) is 1. The van der Waals surface area contributed by atoms with Crippen molar-refractivity contribution in [1.82, 2.24) is 19.4 Å². The van der Waals surface area contributed by atoms with E-state index < -0.39 is 10.0 Å². The summed E-state index contributed by atoms with van der Waals surface area (Å²) < 4.78 is 28.6. The lowest BCUT2D eigenvalue weighted by molar-refractivity contribution is 0.199. The molecule has 0 amide bonds. The molecule has 1 aliphatic heterocycles. The molecule has 106 valence electrons. The molecule has 1 aromatic heterocycles. The van der Waals surface area contributed by atoms with Crippen molar-refractivity contribution in [3.63, 3.8) is 0 Å². The third-order valence-corrected chi connectivity index (χ3v) is 5.38. The summed E-state index contributed by atoms with van der Waals surface area (Å²) in [7, 11) is -1.70. The molecule has 6 nitrogen and oxygen atoms in total. The molecule has 7 heteroatoms. The highest BCUT2D eigenvalue weighted by Crippen LogP contribution is 2.29. The van der Waals surface area contributed by atoms with Gasteiger partial charge < -0.3 is 4.90 Å². The summed E-state index contributed by atoms with van der Waals surface area (Å²) in [5.41, 5.74) is 0. The lowest BCUT2D eigenvalue weighted by atomic mass is 10.1. The Labute approximate surface area is 113 Å². The van der Waals surface area contributed by atoms with Crippen molar-refractivity contribution in [1.29, 1.82) is 0 Å². The Kier molecular flexibility index (Phi) is 3.36. The maximum absolute atomic E-state index is 12.2. The predicted molar refractivity (Wildman–Crippen MR) is 71.1 cm³/mol. The quantitative estimate of drug-likeness (QED) is 0.865. The maximum atomic E-state index is 12.2. The van der Waals surface area contributed by atoms with E-state index in [9.17, 15) is 8.42 Å². The number of nitrogens with zero attached hydrogens (tertiary/aromatic N) is 3. The van der Waals surface area contributed by atoms with E-state index in [-0.39, 0.29) is 10.9 Å². The first-order chi connectivity index (χ1) is 9.04. The number of sulfonamides is 1. The molecule has 1 saturated heterocycles. The zero-order valence-corrected chi connectivity index (χ0v) is 11.9. The molecule has 1 aromatic rings. The van der Waals surface area contributed by atoms with E-state index in [1.165, 1.54) is 29.9 Å².